The van der Waals surface area contributed by atoms with Gasteiger partial charge in [0.15, 0.2) is 0 Å². The summed E-state index contributed by atoms with van der Waals surface area (Å²) in [5.74, 6) is -0.173. The molecule has 0 spiro atoms. The van der Waals surface area contributed by atoms with E-state index in [1.54, 1.807) is 6.07 Å². The van der Waals surface area contributed by atoms with Gasteiger partial charge in [0.05, 0.1) is 27.2 Å². The normalized spacial score (nSPS) is 10.5. The average molecular weight is 391 g/mol. The van der Waals surface area contributed by atoms with Crippen LogP contribution < -0.4 is 5.32 Å². The molecule has 0 saturated carbocycles. The Morgan fingerprint density at radius 1 is 0.760 bits per heavy atom. The molecule has 3 aromatic carbocycles. The highest BCUT2D eigenvalue weighted by molar-refractivity contribution is 6.44. The standard InChI is InChI=1S/C20H14Cl3NO/c21-16-11-18(23)19(12-17(16)22)24-20(25)10-13-6-8-15(9-7-13)14-4-2-1-3-5-14/h1-9,11-12H,10H2,(H,24,25). The zero-order chi connectivity index (χ0) is 17.8. The van der Waals surface area contributed by atoms with Crippen LogP contribution >= 0.6 is 34.8 Å². The molecule has 0 unspecified atom stereocenters. The monoisotopic (exact) mass is 389 g/mol. The topological polar surface area (TPSA) is 29.1 Å². The third kappa shape index (κ3) is 4.55. The van der Waals surface area contributed by atoms with Crippen molar-refractivity contribution in [3.05, 3.63) is 87.4 Å². The molecule has 0 aliphatic heterocycles. The summed E-state index contributed by atoms with van der Waals surface area (Å²) < 4.78 is 0. The summed E-state index contributed by atoms with van der Waals surface area (Å²) in [7, 11) is 0. The van der Waals surface area contributed by atoms with E-state index in [2.05, 4.69) is 5.32 Å². The molecule has 1 N–H and O–H groups in total. The number of hydrogen-bond acceptors (Lipinski definition) is 1. The summed E-state index contributed by atoms with van der Waals surface area (Å²) in [5.41, 5.74) is 3.61. The fourth-order valence-electron chi connectivity index (χ4n) is 2.44. The van der Waals surface area contributed by atoms with Crippen LogP contribution in [0.4, 0.5) is 5.69 Å². The second-order valence-corrected chi connectivity index (χ2v) is 6.76. The van der Waals surface area contributed by atoms with Gasteiger partial charge in [-0.2, -0.15) is 0 Å². The van der Waals surface area contributed by atoms with E-state index in [0.717, 1.165) is 16.7 Å². The largest absolute Gasteiger partial charge is 0.324 e. The van der Waals surface area contributed by atoms with Crippen LogP contribution in [-0.2, 0) is 11.2 Å². The summed E-state index contributed by atoms with van der Waals surface area (Å²) in [6.45, 7) is 0. The Bertz CT molecular complexity index is 893. The number of anilines is 1. The van der Waals surface area contributed by atoms with Crippen LogP contribution in [-0.4, -0.2) is 5.91 Å². The molecule has 3 aromatic rings. The second kappa shape index (κ2) is 7.92. The van der Waals surface area contributed by atoms with E-state index >= 15 is 0 Å². The molecule has 126 valence electrons. The Balaban J connectivity index is 1.68. The summed E-state index contributed by atoms with van der Waals surface area (Å²) >= 11 is 17.9. The number of carbonyl (C=O) groups is 1. The van der Waals surface area contributed by atoms with Crippen molar-refractivity contribution in [1.29, 1.82) is 0 Å². The molecule has 25 heavy (non-hydrogen) atoms. The van der Waals surface area contributed by atoms with Gasteiger partial charge in [-0.3, -0.25) is 4.79 Å². The van der Waals surface area contributed by atoms with Crippen molar-refractivity contribution in [3.63, 3.8) is 0 Å². The number of hydrogen-bond donors (Lipinski definition) is 1. The minimum absolute atomic E-state index is 0.173. The maximum Gasteiger partial charge on any atom is 0.228 e. The van der Waals surface area contributed by atoms with Gasteiger partial charge >= 0.3 is 0 Å². The van der Waals surface area contributed by atoms with E-state index in [1.807, 2.05) is 54.6 Å². The van der Waals surface area contributed by atoms with E-state index in [-0.39, 0.29) is 12.3 Å². The van der Waals surface area contributed by atoms with Crippen LogP contribution in [0.25, 0.3) is 11.1 Å². The maximum atomic E-state index is 12.2. The van der Waals surface area contributed by atoms with E-state index in [1.165, 1.54) is 6.07 Å². The molecule has 0 aromatic heterocycles. The molecule has 1 amide bonds. The minimum atomic E-state index is -0.173. The lowest BCUT2D eigenvalue weighted by molar-refractivity contribution is -0.115. The first-order chi connectivity index (χ1) is 12.0. The van der Waals surface area contributed by atoms with Gasteiger partial charge in [-0.05, 0) is 28.8 Å². The molecule has 3 rings (SSSR count). The van der Waals surface area contributed by atoms with Gasteiger partial charge in [-0.15, -0.1) is 0 Å². The number of rotatable bonds is 4. The zero-order valence-electron chi connectivity index (χ0n) is 13.1. The van der Waals surface area contributed by atoms with Gasteiger partial charge < -0.3 is 5.32 Å². The van der Waals surface area contributed by atoms with Crippen LogP contribution in [0, 0.1) is 0 Å². The highest BCUT2D eigenvalue weighted by Crippen LogP contribution is 2.32. The zero-order valence-corrected chi connectivity index (χ0v) is 15.4. The van der Waals surface area contributed by atoms with Gasteiger partial charge in [-0.25, -0.2) is 0 Å². The second-order valence-electron chi connectivity index (χ2n) is 5.53. The van der Waals surface area contributed by atoms with Gasteiger partial charge in [0.1, 0.15) is 0 Å². The van der Waals surface area contributed by atoms with Gasteiger partial charge in [-0.1, -0.05) is 89.4 Å². The van der Waals surface area contributed by atoms with Crippen molar-refractivity contribution in [1.82, 2.24) is 0 Å². The number of nitrogens with one attached hydrogen (secondary N) is 1. The number of carbonyl (C=O) groups excluding carboxylic acids is 1. The molecule has 0 bridgehead atoms. The van der Waals surface area contributed by atoms with Crippen molar-refractivity contribution in [2.45, 2.75) is 6.42 Å². The van der Waals surface area contributed by atoms with Crippen LogP contribution in [0.2, 0.25) is 15.1 Å². The molecule has 2 nitrogen and oxygen atoms in total. The molecule has 0 radical (unpaired) electrons. The first-order valence-corrected chi connectivity index (χ1v) is 8.75. The minimum Gasteiger partial charge on any atom is -0.324 e. The van der Waals surface area contributed by atoms with Crippen molar-refractivity contribution < 1.29 is 4.79 Å². The summed E-state index contributed by atoms with van der Waals surface area (Å²) in [6.07, 6.45) is 0.242. The molecule has 5 heteroatoms. The quantitative estimate of drug-likeness (QED) is 0.506. The van der Waals surface area contributed by atoms with E-state index in [4.69, 9.17) is 34.8 Å². The first-order valence-electron chi connectivity index (χ1n) is 7.61. The highest BCUT2D eigenvalue weighted by Gasteiger charge is 2.10. The van der Waals surface area contributed by atoms with Crippen molar-refractivity contribution in [2.24, 2.45) is 0 Å². The molecular formula is C20H14Cl3NO. The molecule has 0 atom stereocenters. The highest BCUT2D eigenvalue weighted by atomic mass is 35.5. The SMILES string of the molecule is O=C(Cc1ccc(-c2ccccc2)cc1)Nc1cc(Cl)c(Cl)cc1Cl. The summed E-state index contributed by atoms with van der Waals surface area (Å²) in [5, 5.41) is 3.80. The summed E-state index contributed by atoms with van der Waals surface area (Å²) in [6, 6.07) is 21.0. The molecule has 0 saturated heterocycles. The Morgan fingerprint density at radius 2 is 1.36 bits per heavy atom. The number of amides is 1. The third-order valence-corrected chi connectivity index (χ3v) is 4.74. The Hall–Kier alpha value is -2.00. The number of halogens is 3. The van der Waals surface area contributed by atoms with E-state index in [9.17, 15) is 4.79 Å². The lowest BCUT2D eigenvalue weighted by atomic mass is 10.0. The lowest BCUT2D eigenvalue weighted by Crippen LogP contribution is -2.14. The molecule has 0 fully saturated rings. The molecule has 0 aliphatic rings. The van der Waals surface area contributed by atoms with Gasteiger partial charge in [0, 0.05) is 0 Å². The van der Waals surface area contributed by atoms with Gasteiger partial charge in [0.25, 0.3) is 0 Å². The van der Waals surface area contributed by atoms with E-state index in [0.29, 0.717) is 20.8 Å². The average Bonchev–Trinajstić information content (AvgIpc) is 2.61. The summed E-state index contributed by atoms with van der Waals surface area (Å²) in [4.78, 5) is 12.2. The first kappa shape index (κ1) is 17.8. The Morgan fingerprint density at radius 3 is 2.04 bits per heavy atom. The van der Waals surface area contributed by atoms with Crippen LogP contribution in [0.5, 0.6) is 0 Å². The predicted molar refractivity (Wildman–Crippen MR) is 106 cm³/mol. The molecular weight excluding hydrogens is 377 g/mol. The van der Waals surface area contributed by atoms with E-state index < -0.39 is 0 Å². The molecule has 0 aliphatic carbocycles. The molecule has 0 heterocycles. The smallest absolute Gasteiger partial charge is 0.228 e. The van der Waals surface area contributed by atoms with Crippen LogP contribution in [0.1, 0.15) is 5.56 Å². The van der Waals surface area contributed by atoms with Gasteiger partial charge in [0.2, 0.25) is 5.91 Å². The maximum absolute atomic E-state index is 12.2. The number of benzene rings is 3. The third-order valence-electron chi connectivity index (χ3n) is 3.71. The van der Waals surface area contributed by atoms with Crippen molar-refractivity contribution >= 4 is 46.4 Å². The fourth-order valence-corrected chi connectivity index (χ4v) is 3.04. The Labute approximate surface area is 161 Å². The lowest BCUT2D eigenvalue weighted by Gasteiger charge is -2.09. The van der Waals surface area contributed by atoms with Crippen LogP contribution in [0.3, 0.4) is 0 Å². The fraction of sp³-hybridized carbons (Fsp3) is 0.0500. The van der Waals surface area contributed by atoms with Crippen LogP contribution in [0.15, 0.2) is 66.7 Å². The van der Waals surface area contributed by atoms with Crippen molar-refractivity contribution in [3.8, 4) is 11.1 Å². The predicted octanol–water partition coefficient (Wildman–Crippen LogP) is 6.50. The Kier molecular flexibility index (Phi) is 5.64. The van der Waals surface area contributed by atoms with Crippen molar-refractivity contribution in [2.75, 3.05) is 5.32 Å².